The smallest absolute Gasteiger partial charge is 0.254 e. The maximum absolute atomic E-state index is 13.8. The van der Waals surface area contributed by atoms with Crippen LogP contribution in [-0.2, 0) is 6.42 Å². The molecule has 1 N–H and O–H groups in total. The number of amides is 1. The summed E-state index contributed by atoms with van der Waals surface area (Å²) in [6.45, 7) is 6.71. The molecule has 5 aromatic rings. The normalized spacial score (nSPS) is 16.0. The van der Waals surface area contributed by atoms with Crippen molar-refractivity contribution in [1.82, 2.24) is 14.9 Å². The van der Waals surface area contributed by atoms with Crippen molar-refractivity contribution in [2.45, 2.75) is 32.2 Å². The van der Waals surface area contributed by atoms with Gasteiger partial charge in [0, 0.05) is 24.4 Å². The van der Waals surface area contributed by atoms with Gasteiger partial charge in [-0.1, -0.05) is 92.2 Å². The molecule has 0 spiro atoms. The van der Waals surface area contributed by atoms with Crippen molar-refractivity contribution >= 4 is 27.5 Å². The Morgan fingerprint density at radius 1 is 0.923 bits per heavy atom. The van der Waals surface area contributed by atoms with Gasteiger partial charge in [-0.05, 0) is 39.6 Å². The van der Waals surface area contributed by atoms with E-state index in [4.69, 9.17) is 4.98 Å². The van der Waals surface area contributed by atoms with Gasteiger partial charge in [-0.25, -0.2) is 4.98 Å². The predicted molar refractivity (Wildman–Crippen MR) is 159 cm³/mol. The second kappa shape index (κ2) is 11.0. The van der Waals surface area contributed by atoms with Crippen LogP contribution in [0.4, 0.5) is 0 Å². The highest BCUT2D eigenvalue weighted by Gasteiger charge is 2.43. The van der Waals surface area contributed by atoms with Crippen LogP contribution >= 0.6 is 0 Å². The Kier molecular flexibility index (Phi) is 7.16. The molecular weight excluding hydrogens is 480 g/mol. The Hall–Kier alpha value is -3.96. The lowest BCUT2D eigenvalue weighted by Crippen LogP contribution is -2.62. The standard InChI is InChI=1S/C34H37N4O/c1-2-3-21-38(22-19-37(20-23-38)34(39)31-14-8-12-28-10-6-7-13-30(28)31)32(33-35-17-18-36-33)25-26-15-16-27-9-4-5-11-29(27)24-26/h4-18,24,32H,2-3,19-23,25H2,1H3,(H,35,36)/q+1. The van der Waals surface area contributed by atoms with Gasteiger partial charge in [-0.2, -0.15) is 0 Å². The first-order chi connectivity index (χ1) is 19.2. The number of carbonyl (C=O) groups excluding carboxylic acids is 1. The highest BCUT2D eigenvalue weighted by atomic mass is 16.2. The number of benzene rings is 4. The number of hydrogen-bond acceptors (Lipinski definition) is 2. The van der Waals surface area contributed by atoms with Crippen LogP contribution in [0.5, 0.6) is 0 Å². The third-order valence-electron chi connectivity index (χ3n) is 8.63. The number of nitrogens with zero attached hydrogens (tertiary/aromatic N) is 3. The maximum Gasteiger partial charge on any atom is 0.254 e. The molecule has 1 saturated heterocycles. The minimum atomic E-state index is 0.143. The number of aromatic amines is 1. The van der Waals surface area contributed by atoms with Crippen molar-refractivity contribution in [1.29, 1.82) is 0 Å². The quantitative estimate of drug-likeness (QED) is 0.231. The average Bonchev–Trinajstić information content (AvgIpc) is 3.53. The van der Waals surface area contributed by atoms with Crippen molar-refractivity contribution in [3.63, 3.8) is 0 Å². The zero-order valence-electron chi connectivity index (χ0n) is 22.7. The summed E-state index contributed by atoms with van der Waals surface area (Å²) >= 11 is 0. The van der Waals surface area contributed by atoms with Crippen LogP contribution in [0.2, 0.25) is 0 Å². The molecule has 6 rings (SSSR count). The zero-order chi connectivity index (χ0) is 26.7. The first kappa shape index (κ1) is 25.3. The Morgan fingerprint density at radius 3 is 2.44 bits per heavy atom. The van der Waals surface area contributed by atoms with E-state index < -0.39 is 0 Å². The lowest BCUT2D eigenvalue weighted by molar-refractivity contribution is -0.961. The molecule has 1 amide bonds. The number of piperazine rings is 1. The Bertz CT molecular complexity index is 1560. The number of quaternary nitrogens is 1. The third kappa shape index (κ3) is 5.07. The monoisotopic (exact) mass is 517 g/mol. The highest BCUT2D eigenvalue weighted by Crippen LogP contribution is 2.34. The van der Waals surface area contributed by atoms with Gasteiger partial charge in [0.1, 0.15) is 0 Å². The summed E-state index contributed by atoms with van der Waals surface area (Å²) in [4.78, 5) is 24.1. The van der Waals surface area contributed by atoms with Gasteiger partial charge in [0.2, 0.25) is 0 Å². The first-order valence-electron chi connectivity index (χ1n) is 14.3. The van der Waals surface area contributed by atoms with Gasteiger partial charge < -0.3 is 14.4 Å². The number of fused-ring (bicyclic) bond motifs is 2. The summed E-state index contributed by atoms with van der Waals surface area (Å²) in [5.74, 6) is 1.19. The SMILES string of the molecule is CCCC[N+]1(C(Cc2ccc3ccccc3c2)c2ncc[nH]2)CCN(C(=O)c2cccc3ccccc23)CC1. The average molecular weight is 518 g/mol. The van der Waals surface area contributed by atoms with Gasteiger partial charge in [0.15, 0.2) is 11.9 Å². The second-order valence-electron chi connectivity index (χ2n) is 10.9. The molecule has 1 fully saturated rings. The summed E-state index contributed by atoms with van der Waals surface area (Å²) in [6, 6.07) is 29.9. The summed E-state index contributed by atoms with van der Waals surface area (Å²) in [5, 5.41) is 4.69. The van der Waals surface area contributed by atoms with Crippen LogP contribution in [0.15, 0.2) is 97.3 Å². The number of unbranched alkanes of at least 4 members (excludes halogenated alkanes) is 1. The maximum atomic E-state index is 13.8. The largest absolute Gasteiger partial charge is 0.344 e. The molecule has 1 aliphatic heterocycles. The van der Waals surface area contributed by atoms with Gasteiger partial charge >= 0.3 is 0 Å². The van der Waals surface area contributed by atoms with Gasteiger partial charge in [0.05, 0.1) is 32.7 Å². The number of nitrogens with one attached hydrogen (secondary N) is 1. The van der Waals surface area contributed by atoms with Crippen molar-refractivity contribution in [3.05, 3.63) is 114 Å². The number of carbonyl (C=O) groups is 1. The molecule has 39 heavy (non-hydrogen) atoms. The number of imidazole rings is 1. The minimum absolute atomic E-state index is 0.143. The van der Waals surface area contributed by atoms with Crippen molar-refractivity contribution in [3.8, 4) is 0 Å². The van der Waals surface area contributed by atoms with E-state index in [-0.39, 0.29) is 11.9 Å². The lowest BCUT2D eigenvalue weighted by atomic mass is 9.96. The minimum Gasteiger partial charge on any atom is -0.344 e. The summed E-state index contributed by atoms with van der Waals surface area (Å²) < 4.78 is 0.952. The summed E-state index contributed by atoms with van der Waals surface area (Å²) in [6.07, 6.45) is 7.05. The number of rotatable bonds is 8. The van der Waals surface area contributed by atoms with E-state index in [9.17, 15) is 4.79 Å². The van der Waals surface area contributed by atoms with Gasteiger partial charge in [0.25, 0.3) is 5.91 Å². The molecule has 1 atom stereocenters. The Balaban J connectivity index is 1.29. The van der Waals surface area contributed by atoms with Crippen molar-refractivity contribution in [2.24, 2.45) is 0 Å². The number of aromatic nitrogens is 2. The van der Waals surface area contributed by atoms with Crippen LogP contribution in [0, 0.1) is 0 Å². The Labute approximate surface area is 230 Å². The van der Waals surface area contributed by atoms with E-state index in [1.54, 1.807) is 0 Å². The third-order valence-corrected chi connectivity index (χ3v) is 8.63. The van der Waals surface area contributed by atoms with E-state index in [1.807, 2.05) is 36.7 Å². The molecule has 5 heteroatoms. The van der Waals surface area contributed by atoms with E-state index in [0.29, 0.717) is 0 Å². The molecule has 198 valence electrons. The van der Waals surface area contributed by atoms with Gasteiger partial charge in [-0.3, -0.25) is 4.79 Å². The second-order valence-corrected chi connectivity index (χ2v) is 10.9. The van der Waals surface area contributed by atoms with E-state index >= 15 is 0 Å². The van der Waals surface area contributed by atoms with E-state index in [0.717, 1.165) is 78.6 Å². The topological polar surface area (TPSA) is 49.0 Å². The zero-order valence-corrected chi connectivity index (χ0v) is 22.7. The van der Waals surface area contributed by atoms with Crippen molar-refractivity contribution in [2.75, 3.05) is 32.7 Å². The molecule has 1 unspecified atom stereocenters. The van der Waals surface area contributed by atoms with Crippen LogP contribution < -0.4 is 0 Å². The molecule has 4 aromatic carbocycles. The predicted octanol–water partition coefficient (Wildman–Crippen LogP) is 6.77. The molecular formula is C34H37N4O+. The first-order valence-corrected chi connectivity index (χ1v) is 14.3. The fraction of sp³-hybridized carbons (Fsp3) is 0.294. The number of hydrogen-bond donors (Lipinski definition) is 1. The van der Waals surface area contributed by atoms with Crippen LogP contribution in [-0.4, -0.2) is 58.0 Å². The van der Waals surface area contributed by atoms with Crippen LogP contribution in [0.3, 0.4) is 0 Å². The van der Waals surface area contributed by atoms with E-state index in [1.165, 1.54) is 16.3 Å². The molecule has 2 heterocycles. The lowest BCUT2D eigenvalue weighted by Gasteiger charge is -2.49. The molecule has 5 nitrogen and oxygen atoms in total. The van der Waals surface area contributed by atoms with E-state index in [2.05, 4.69) is 77.5 Å². The molecule has 0 saturated carbocycles. The molecule has 0 radical (unpaired) electrons. The molecule has 0 aliphatic carbocycles. The van der Waals surface area contributed by atoms with Crippen LogP contribution in [0.25, 0.3) is 21.5 Å². The fourth-order valence-corrected chi connectivity index (χ4v) is 6.41. The van der Waals surface area contributed by atoms with Crippen LogP contribution in [0.1, 0.15) is 47.6 Å². The summed E-state index contributed by atoms with van der Waals surface area (Å²) in [5.41, 5.74) is 2.14. The molecule has 0 bridgehead atoms. The fourth-order valence-electron chi connectivity index (χ4n) is 6.41. The molecule has 1 aromatic heterocycles. The highest BCUT2D eigenvalue weighted by molar-refractivity contribution is 6.07. The summed E-state index contributed by atoms with van der Waals surface area (Å²) in [7, 11) is 0. The Morgan fingerprint density at radius 2 is 1.67 bits per heavy atom. The van der Waals surface area contributed by atoms with Crippen molar-refractivity contribution < 1.29 is 9.28 Å². The van der Waals surface area contributed by atoms with Gasteiger partial charge in [-0.15, -0.1) is 0 Å². The number of H-pyrrole nitrogens is 1. The molecule has 1 aliphatic rings.